The Hall–Kier alpha value is -2.76. The summed E-state index contributed by atoms with van der Waals surface area (Å²) in [5, 5.41) is 0. The van der Waals surface area contributed by atoms with Crippen LogP contribution in [0.15, 0.2) is 92.6 Å². The molecule has 0 N–H and O–H groups in total. The van der Waals surface area contributed by atoms with Crippen molar-refractivity contribution in [2.75, 3.05) is 0 Å². The van der Waals surface area contributed by atoms with Gasteiger partial charge in [-0.25, -0.2) is 0 Å². The zero-order chi connectivity index (χ0) is 21.1. The lowest BCUT2D eigenvalue weighted by molar-refractivity contribution is 0.900. The second-order valence-electron chi connectivity index (χ2n) is 6.80. The van der Waals surface area contributed by atoms with Gasteiger partial charge in [-0.1, -0.05) is 80.4 Å². The Morgan fingerprint density at radius 3 is 2.03 bits per heavy atom. The van der Waals surface area contributed by atoms with Gasteiger partial charge in [-0.2, -0.15) is 4.98 Å². The first kappa shape index (κ1) is 20.5. The molecule has 0 aliphatic carbocycles. The number of hydrogen-bond acceptors (Lipinski definition) is 2. The molecule has 0 spiro atoms. The summed E-state index contributed by atoms with van der Waals surface area (Å²) in [6.07, 6.45) is 3.85. The van der Waals surface area contributed by atoms with Crippen molar-refractivity contribution in [1.29, 1.82) is 0 Å². The molecular weight excluding hydrogens is 504 g/mol. The second-order valence-corrected chi connectivity index (χ2v) is 8.63. The first-order valence-electron chi connectivity index (χ1n) is 9.41. The van der Waals surface area contributed by atoms with Gasteiger partial charge in [0.2, 0.25) is 0 Å². The first-order chi connectivity index (χ1) is 14.5. The van der Waals surface area contributed by atoms with Crippen LogP contribution in [0.4, 0.5) is 0 Å². The Balaban J connectivity index is 1.91. The molecule has 0 saturated carbocycles. The third kappa shape index (κ3) is 4.37. The molecule has 4 rings (SSSR count). The molecule has 3 aromatic carbocycles. The van der Waals surface area contributed by atoms with Crippen LogP contribution in [-0.4, -0.2) is 9.55 Å². The number of hydrogen-bond donors (Lipinski definition) is 0. The van der Waals surface area contributed by atoms with E-state index in [0.717, 1.165) is 31.5 Å². The highest BCUT2D eigenvalue weighted by molar-refractivity contribution is 9.10. The van der Waals surface area contributed by atoms with Crippen LogP contribution in [-0.2, 0) is 0 Å². The summed E-state index contributed by atoms with van der Waals surface area (Å²) in [5.41, 5.74) is 4.05. The predicted molar refractivity (Wildman–Crippen MR) is 131 cm³/mol. The van der Waals surface area contributed by atoms with Gasteiger partial charge >= 0.3 is 0 Å². The van der Waals surface area contributed by atoms with Gasteiger partial charge in [-0.15, -0.1) is 0 Å². The van der Waals surface area contributed by atoms with Gasteiger partial charge in [0.25, 0.3) is 5.56 Å². The average molecular weight is 522 g/mol. The lowest BCUT2D eigenvalue weighted by Gasteiger charge is -2.17. The largest absolute Gasteiger partial charge is 0.298 e. The monoisotopic (exact) mass is 520 g/mol. The highest BCUT2D eigenvalue weighted by Crippen LogP contribution is 2.25. The van der Waals surface area contributed by atoms with Crippen LogP contribution in [0.5, 0.6) is 0 Å². The van der Waals surface area contributed by atoms with Crippen LogP contribution >= 0.6 is 31.9 Å². The molecule has 4 aromatic rings. The van der Waals surface area contributed by atoms with Crippen molar-refractivity contribution in [1.82, 2.24) is 9.55 Å². The van der Waals surface area contributed by atoms with Gasteiger partial charge in [-0.05, 0) is 60.5 Å². The molecular formula is C25H18Br2N2O. The molecule has 0 saturated heterocycles. The predicted octanol–water partition coefficient (Wildman–Crippen LogP) is 6.90. The number of benzene rings is 3. The molecule has 0 aliphatic rings. The topological polar surface area (TPSA) is 34.9 Å². The van der Waals surface area contributed by atoms with Crippen LogP contribution in [0.1, 0.15) is 17.1 Å². The van der Waals surface area contributed by atoms with Gasteiger partial charge in [0, 0.05) is 20.3 Å². The van der Waals surface area contributed by atoms with Crippen molar-refractivity contribution < 1.29 is 0 Å². The quantitative estimate of drug-likeness (QED) is 0.292. The van der Waals surface area contributed by atoms with Crippen LogP contribution in [0.2, 0.25) is 0 Å². The summed E-state index contributed by atoms with van der Waals surface area (Å²) in [6, 6.07) is 25.6. The molecule has 0 bridgehead atoms. The fourth-order valence-corrected chi connectivity index (χ4v) is 3.89. The van der Waals surface area contributed by atoms with E-state index in [0.29, 0.717) is 11.4 Å². The molecule has 148 valence electrons. The van der Waals surface area contributed by atoms with Gasteiger partial charge in [0.1, 0.15) is 5.82 Å². The van der Waals surface area contributed by atoms with Crippen molar-refractivity contribution >= 4 is 44.0 Å². The second kappa shape index (κ2) is 8.94. The van der Waals surface area contributed by atoms with Gasteiger partial charge < -0.3 is 0 Å². The Labute approximate surface area is 192 Å². The number of halogens is 2. The van der Waals surface area contributed by atoms with E-state index in [9.17, 15) is 4.79 Å². The molecule has 1 aromatic heterocycles. The summed E-state index contributed by atoms with van der Waals surface area (Å²) < 4.78 is 4.03. The molecule has 0 atom stereocenters. The van der Waals surface area contributed by atoms with Crippen molar-refractivity contribution in [2.24, 2.45) is 0 Å². The Kier molecular flexibility index (Phi) is 6.11. The molecule has 1 heterocycles. The molecule has 0 aliphatic heterocycles. The number of aromatic nitrogens is 2. The third-order valence-corrected chi connectivity index (χ3v) is 5.86. The molecule has 3 nitrogen and oxygen atoms in total. The van der Waals surface area contributed by atoms with E-state index in [2.05, 4.69) is 36.8 Å². The maximum absolute atomic E-state index is 13.0. The van der Waals surface area contributed by atoms with Crippen molar-refractivity contribution in [3.05, 3.63) is 115 Å². The van der Waals surface area contributed by atoms with Crippen molar-refractivity contribution in [3.8, 4) is 16.8 Å². The molecule has 0 fully saturated rings. The fourth-order valence-electron chi connectivity index (χ4n) is 3.36. The van der Waals surface area contributed by atoms with E-state index in [-0.39, 0.29) is 5.56 Å². The van der Waals surface area contributed by atoms with E-state index >= 15 is 0 Å². The van der Waals surface area contributed by atoms with E-state index < -0.39 is 0 Å². The first-order valence-corrected chi connectivity index (χ1v) is 11.0. The van der Waals surface area contributed by atoms with Crippen molar-refractivity contribution in [2.45, 2.75) is 6.92 Å². The van der Waals surface area contributed by atoms with Crippen LogP contribution in [0.25, 0.3) is 29.0 Å². The third-order valence-electron chi connectivity index (χ3n) is 4.80. The van der Waals surface area contributed by atoms with Crippen LogP contribution in [0.3, 0.4) is 0 Å². The minimum Gasteiger partial charge on any atom is -0.298 e. The number of nitrogens with zero attached hydrogens (tertiary/aromatic N) is 2. The zero-order valence-corrected chi connectivity index (χ0v) is 19.4. The summed E-state index contributed by atoms with van der Waals surface area (Å²) >= 11 is 6.95. The highest BCUT2D eigenvalue weighted by atomic mass is 79.9. The Morgan fingerprint density at radius 2 is 1.40 bits per heavy atom. The molecule has 5 heteroatoms. The van der Waals surface area contributed by atoms with E-state index in [1.54, 1.807) is 0 Å². The minimum atomic E-state index is -0.234. The minimum absolute atomic E-state index is 0.234. The number of rotatable bonds is 4. The summed E-state index contributed by atoms with van der Waals surface area (Å²) in [6.45, 7) is 1.96. The van der Waals surface area contributed by atoms with Gasteiger partial charge in [-0.3, -0.25) is 9.36 Å². The standard InChI is InChI=1S/C25H18Br2N2O/c1-17-24(19-5-3-2-4-6-19)25(30)28-23(16-9-18-7-10-20(26)11-8-18)29(17)22-14-12-21(27)13-15-22/h2-16H,1H3/b16-9+. The van der Waals surface area contributed by atoms with Gasteiger partial charge in [0.15, 0.2) is 0 Å². The maximum atomic E-state index is 13.0. The summed E-state index contributed by atoms with van der Waals surface area (Å²) in [7, 11) is 0. The van der Waals surface area contributed by atoms with E-state index in [1.165, 1.54) is 0 Å². The normalized spacial score (nSPS) is 11.2. The molecule has 0 radical (unpaired) electrons. The maximum Gasteiger partial charge on any atom is 0.281 e. The highest BCUT2D eigenvalue weighted by Gasteiger charge is 2.15. The molecule has 0 unspecified atom stereocenters. The van der Waals surface area contributed by atoms with E-state index in [1.807, 2.05) is 103 Å². The lowest BCUT2D eigenvalue weighted by atomic mass is 10.1. The molecule has 30 heavy (non-hydrogen) atoms. The fraction of sp³-hybridized carbons (Fsp3) is 0.0400. The van der Waals surface area contributed by atoms with E-state index in [4.69, 9.17) is 0 Å². The van der Waals surface area contributed by atoms with Gasteiger partial charge in [0.05, 0.1) is 5.56 Å². The summed E-state index contributed by atoms with van der Waals surface area (Å²) in [4.78, 5) is 17.4. The SMILES string of the molecule is Cc1c(-c2ccccc2)c(=O)nc(/C=C/c2ccc(Br)cc2)n1-c1ccc(Br)cc1. The van der Waals surface area contributed by atoms with Crippen LogP contribution < -0.4 is 5.56 Å². The zero-order valence-electron chi connectivity index (χ0n) is 16.2. The van der Waals surface area contributed by atoms with Crippen molar-refractivity contribution in [3.63, 3.8) is 0 Å². The average Bonchev–Trinajstić information content (AvgIpc) is 2.75. The Bertz CT molecular complexity index is 1260. The molecule has 0 amide bonds. The smallest absolute Gasteiger partial charge is 0.281 e. The summed E-state index contributed by atoms with van der Waals surface area (Å²) in [5.74, 6) is 0.586. The lowest BCUT2D eigenvalue weighted by Crippen LogP contribution is -2.20. The Morgan fingerprint density at radius 1 is 0.800 bits per heavy atom. The van der Waals surface area contributed by atoms with Crippen LogP contribution in [0, 0.1) is 6.92 Å².